The fourth-order valence-corrected chi connectivity index (χ4v) is 0.861. The second kappa shape index (κ2) is 2.82. The second-order valence-corrected chi connectivity index (χ2v) is 2.77. The van der Waals surface area contributed by atoms with Gasteiger partial charge in [0, 0.05) is 6.54 Å². The standard InChI is InChI=1S/C7H13N3/c1-5-3-9-4-7(8)10-6(5)2/h4-6H,3H2,1-2H3,(H2,8,10)/t5?,6-/m0/s1. The molecule has 10 heavy (non-hydrogen) atoms. The van der Waals surface area contributed by atoms with E-state index < -0.39 is 0 Å². The van der Waals surface area contributed by atoms with Crippen LogP contribution < -0.4 is 5.73 Å². The molecule has 2 N–H and O–H groups in total. The zero-order valence-electron chi connectivity index (χ0n) is 6.41. The first kappa shape index (κ1) is 7.25. The number of rotatable bonds is 0. The maximum atomic E-state index is 5.49. The van der Waals surface area contributed by atoms with E-state index in [4.69, 9.17) is 5.73 Å². The molecule has 0 aromatic heterocycles. The number of hydrogen-bond donors (Lipinski definition) is 1. The predicted octanol–water partition coefficient (Wildman–Crippen LogP) is 0.453. The molecule has 3 nitrogen and oxygen atoms in total. The summed E-state index contributed by atoms with van der Waals surface area (Å²) in [7, 11) is 0. The summed E-state index contributed by atoms with van der Waals surface area (Å²) in [5, 5.41) is 0. The number of amidine groups is 1. The van der Waals surface area contributed by atoms with Gasteiger partial charge in [-0.1, -0.05) is 6.92 Å². The zero-order chi connectivity index (χ0) is 7.56. The molecule has 0 aromatic carbocycles. The predicted molar refractivity (Wildman–Crippen MR) is 43.6 cm³/mol. The fourth-order valence-electron chi connectivity index (χ4n) is 0.861. The molecule has 0 amide bonds. The molecule has 0 radical (unpaired) electrons. The first-order valence-corrected chi connectivity index (χ1v) is 3.53. The van der Waals surface area contributed by atoms with E-state index in [0.717, 1.165) is 6.54 Å². The van der Waals surface area contributed by atoms with Gasteiger partial charge in [0.25, 0.3) is 0 Å². The summed E-state index contributed by atoms with van der Waals surface area (Å²) in [6.45, 7) is 5.03. The lowest BCUT2D eigenvalue weighted by Crippen LogP contribution is -2.17. The van der Waals surface area contributed by atoms with E-state index in [2.05, 4.69) is 23.8 Å². The molecule has 0 spiro atoms. The summed E-state index contributed by atoms with van der Waals surface area (Å²) >= 11 is 0. The van der Waals surface area contributed by atoms with Crippen LogP contribution >= 0.6 is 0 Å². The number of nitrogens with two attached hydrogens (primary N) is 1. The van der Waals surface area contributed by atoms with Crippen LogP contribution in [0.4, 0.5) is 0 Å². The van der Waals surface area contributed by atoms with Crippen LogP contribution in [0.3, 0.4) is 0 Å². The average Bonchev–Trinajstić information content (AvgIpc) is 1.96. The van der Waals surface area contributed by atoms with Crippen LogP contribution in [0.1, 0.15) is 13.8 Å². The van der Waals surface area contributed by atoms with E-state index >= 15 is 0 Å². The Morgan fingerprint density at radius 1 is 1.60 bits per heavy atom. The Hall–Kier alpha value is -0.860. The molecule has 0 fully saturated rings. The Kier molecular flexibility index (Phi) is 2.04. The van der Waals surface area contributed by atoms with Gasteiger partial charge in [-0.15, -0.1) is 0 Å². The highest BCUT2D eigenvalue weighted by atomic mass is 14.9. The maximum Gasteiger partial charge on any atom is 0.136 e. The average molecular weight is 139 g/mol. The molecule has 1 aliphatic heterocycles. The van der Waals surface area contributed by atoms with Crippen molar-refractivity contribution in [2.45, 2.75) is 19.9 Å². The molecule has 1 unspecified atom stereocenters. The van der Waals surface area contributed by atoms with Gasteiger partial charge in [-0.25, -0.2) is 0 Å². The molecule has 0 aliphatic carbocycles. The first-order valence-electron chi connectivity index (χ1n) is 3.53. The first-order chi connectivity index (χ1) is 4.70. The van der Waals surface area contributed by atoms with Crippen molar-refractivity contribution in [3.05, 3.63) is 0 Å². The van der Waals surface area contributed by atoms with E-state index in [-0.39, 0.29) is 0 Å². The van der Waals surface area contributed by atoms with E-state index in [9.17, 15) is 0 Å². The van der Waals surface area contributed by atoms with Crippen molar-refractivity contribution in [2.75, 3.05) is 6.54 Å². The molecular weight excluding hydrogens is 126 g/mol. The van der Waals surface area contributed by atoms with Crippen molar-refractivity contribution >= 4 is 12.1 Å². The topological polar surface area (TPSA) is 50.7 Å². The maximum absolute atomic E-state index is 5.49. The summed E-state index contributed by atoms with van der Waals surface area (Å²) in [4.78, 5) is 8.31. The summed E-state index contributed by atoms with van der Waals surface area (Å²) in [6, 6.07) is 0.308. The van der Waals surface area contributed by atoms with Crippen molar-refractivity contribution in [1.29, 1.82) is 0 Å². The Bertz CT molecular complexity index is 172. The molecule has 1 aliphatic rings. The molecule has 0 aromatic rings. The minimum atomic E-state index is 0.308. The lowest BCUT2D eigenvalue weighted by Gasteiger charge is -2.10. The van der Waals surface area contributed by atoms with Crippen LogP contribution in [0.2, 0.25) is 0 Å². The highest BCUT2D eigenvalue weighted by Crippen LogP contribution is 2.08. The number of aliphatic imine (C=N–C) groups is 2. The lowest BCUT2D eigenvalue weighted by molar-refractivity contribution is 0.502. The zero-order valence-corrected chi connectivity index (χ0v) is 6.41. The van der Waals surface area contributed by atoms with E-state index in [1.54, 1.807) is 6.21 Å². The third-order valence-electron chi connectivity index (χ3n) is 1.79. The SMILES string of the molecule is CC1CN=CC(N)=N[C@H]1C. The van der Waals surface area contributed by atoms with Crippen LogP contribution in [0, 0.1) is 5.92 Å². The highest BCUT2D eigenvalue weighted by Gasteiger charge is 2.12. The Morgan fingerprint density at radius 3 is 3.00 bits per heavy atom. The van der Waals surface area contributed by atoms with Gasteiger partial charge in [-0.05, 0) is 12.8 Å². The molecule has 0 bridgehead atoms. The molecule has 1 heterocycles. The lowest BCUT2D eigenvalue weighted by atomic mass is 10.1. The van der Waals surface area contributed by atoms with Crippen LogP contribution in [0.25, 0.3) is 0 Å². The largest absolute Gasteiger partial charge is 0.383 e. The fraction of sp³-hybridized carbons (Fsp3) is 0.714. The van der Waals surface area contributed by atoms with E-state index in [1.807, 2.05) is 0 Å². The summed E-state index contributed by atoms with van der Waals surface area (Å²) in [5.41, 5.74) is 5.49. The van der Waals surface area contributed by atoms with Gasteiger partial charge < -0.3 is 5.73 Å². The highest BCUT2D eigenvalue weighted by molar-refractivity contribution is 6.28. The molecule has 56 valence electrons. The van der Waals surface area contributed by atoms with Gasteiger partial charge in [0.05, 0.1) is 12.3 Å². The monoisotopic (exact) mass is 139 g/mol. The normalized spacial score (nSPS) is 33.2. The van der Waals surface area contributed by atoms with Crippen molar-refractivity contribution in [3.8, 4) is 0 Å². The van der Waals surface area contributed by atoms with E-state index in [1.165, 1.54) is 0 Å². The van der Waals surface area contributed by atoms with Crippen molar-refractivity contribution in [3.63, 3.8) is 0 Å². The molecule has 2 atom stereocenters. The van der Waals surface area contributed by atoms with Gasteiger partial charge in [-0.2, -0.15) is 0 Å². The van der Waals surface area contributed by atoms with E-state index in [0.29, 0.717) is 17.8 Å². The number of hydrogen-bond acceptors (Lipinski definition) is 3. The Balaban J connectivity index is 2.71. The minimum Gasteiger partial charge on any atom is -0.383 e. The van der Waals surface area contributed by atoms with Crippen molar-refractivity contribution < 1.29 is 0 Å². The quantitative estimate of drug-likeness (QED) is 0.520. The van der Waals surface area contributed by atoms with Crippen LogP contribution in [0.15, 0.2) is 9.98 Å². The van der Waals surface area contributed by atoms with Gasteiger partial charge in [0.15, 0.2) is 0 Å². The molecule has 1 rings (SSSR count). The minimum absolute atomic E-state index is 0.308. The van der Waals surface area contributed by atoms with Crippen LogP contribution in [0.5, 0.6) is 0 Å². The second-order valence-electron chi connectivity index (χ2n) is 2.77. The van der Waals surface area contributed by atoms with Gasteiger partial charge in [0.2, 0.25) is 0 Å². The van der Waals surface area contributed by atoms with Gasteiger partial charge >= 0.3 is 0 Å². The molecule has 3 heteroatoms. The van der Waals surface area contributed by atoms with Crippen molar-refractivity contribution in [2.24, 2.45) is 21.6 Å². The Morgan fingerprint density at radius 2 is 2.30 bits per heavy atom. The van der Waals surface area contributed by atoms with Gasteiger partial charge in [-0.3, -0.25) is 9.98 Å². The van der Waals surface area contributed by atoms with Crippen LogP contribution in [-0.2, 0) is 0 Å². The summed E-state index contributed by atoms with van der Waals surface area (Å²) in [6.07, 6.45) is 1.64. The third-order valence-corrected chi connectivity index (χ3v) is 1.79. The number of nitrogens with zero attached hydrogens (tertiary/aromatic N) is 2. The molecule has 0 saturated heterocycles. The smallest absolute Gasteiger partial charge is 0.136 e. The van der Waals surface area contributed by atoms with Gasteiger partial charge in [0.1, 0.15) is 5.84 Å². The Labute approximate surface area is 61.1 Å². The van der Waals surface area contributed by atoms with Crippen LogP contribution in [-0.4, -0.2) is 24.6 Å². The summed E-state index contributed by atoms with van der Waals surface area (Å²) < 4.78 is 0. The molecule has 0 saturated carbocycles. The molecular formula is C7H13N3. The van der Waals surface area contributed by atoms with Crippen molar-refractivity contribution in [1.82, 2.24) is 0 Å². The summed E-state index contributed by atoms with van der Waals surface area (Å²) in [5.74, 6) is 1.06. The third kappa shape index (κ3) is 1.56.